The van der Waals surface area contributed by atoms with Gasteiger partial charge in [0.25, 0.3) is 0 Å². The van der Waals surface area contributed by atoms with E-state index in [1.54, 1.807) is 24.3 Å². The number of carboxylic acids is 1. The average molecular weight is 222 g/mol. The molecule has 86 valence electrons. The molecule has 5 heteroatoms. The van der Waals surface area contributed by atoms with Gasteiger partial charge in [0.15, 0.2) is 0 Å². The molecule has 0 aromatic heterocycles. The molecule has 1 amide bonds. The maximum Gasteiger partial charge on any atom is 0.335 e. The van der Waals surface area contributed by atoms with Crippen molar-refractivity contribution in [2.75, 3.05) is 6.54 Å². The predicted octanol–water partition coefficient (Wildman–Crippen LogP) is 0.350. The van der Waals surface area contributed by atoms with Crippen molar-refractivity contribution in [3.8, 4) is 0 Å². The number of hydrogen-bond acceptors (Lipinski definition) is 3. The molecule has 0 aliphatic carbocycles. The van der Waals surface area contributed by atoms with Gasteiger partial charge in [-0.2, -0.15) is 0 Å². The van der Waals surface area contributed by atoms with Crippen molar-refractivity contribution in [1.82, 2.24) is 5.32 Å². The Balaban J connectivity index is 2.38. The van der Waals surface area contributed by atoms with Gasteiger partial charge < -0.3 is 16.2 Å². The van der Waals surface area contributed by atoms with Crippen LogP contribution in [0.15, 0.2) is 24.3 Å². The Morgan fingerprint density at radius 1 is 1.25 bits per heavy atom. The zero-order chi connectivity index (χ0) is 12.0. The molecule has 1 aromatic rings. The van der Waals surface area contributed by atoms with Gasteiger partial charge in [-0.3, -0.25) is 4.79 Å². The van der Waals surface area contributed by atoms with E-state index in [4.69, 9.17) is 10.8 Å². The minimum absolute atomic E-state index is 0.265. The molecule has 0 aliphatic rings. The van der Waals surface area contributed by atoms with Gasteiger partial charge >= 0.3 is 5.97 Å². The number of primary amides is 1. The van der Waals surface area contributed by atoms with Crippen LogP contribution in [-0.2, 0) is 11.3 Å². The van der Waals surface area contributed by atoms with Crippen molar-refractivity contribution < 1.29 is 14.7 Å². The van der Waals surface area contributed by atoms with E-state index in [-0.39, 0.29) is 11.5 Å². The van der Waals surface area contributed by atoms with Gasteiger partial charge in [-0.1, -0.05) is 12.1 Å². The van der Waals surface area contributed by atoms with Gasteiger partial charge in [0, 0.05) is 19.5 Å². The smallest absolute Gasteiger partial charge is 0.335 e. The molecule has 0 heterocycles. The molecular weight excluding hydrogens is 208 g/mol. The molecule has 1 aromatic carbocycles. The number of hydrogen-bond donors (Lipinski definition) is 3. The molecule has 5 nitrogen and oxygen atoms in total. The third kappa shape index (κ3) is 4.10. The topological polar surface area (TPSA) is 92.4 Å². The van der Waals surface area contributed by atoms with Crippen molar-refractivity contribution in [3.63, 3.8) is 0 Å². The van der Waals surface area contributed by atoms with Crippen LogP contribution >= 0.6 is 0 Å². The molecule has 0 aliphatic heterocycles. The lowest BCUT2D eigenvalue weighted by Crippen LogP contribution is -2.21. The second-order valence-corrected chi connectivity index (χ2v) is 3.40. The number of benzene rings is 1. The van der Waals surface area contributed by atoms with E-state index in [1.807, 2.05) is 0 Å². The number of nitrogens with two attached hydrogens (primary N) is 1. The first-order valence-corrected chi connectivity index (χ1v) is 4.91. The molecule has 1 rings (SSSR count). The number of rotatable bonds is 6. The van der Waals surface area contributed by atoms with Crippen LogP contribution < -0.4 is 11.1 Å². The number of nitrogens with one attached hydrogen (secondary N) is 1. The Bertz CT molecular complexity index is 373. The second-order valence-electron chi connectivity index (χ2n) is 3.40. The van der Waals surface area contributed by atoms with Crippen LogP contribution in [0.25, 0.3) is 0 Å². The van der Waals surface area contributed by atoms with Crippen LogP contribution in [0.3, 0.4) is 0 Å². The van der Waals surface area contributed by atoms with Gasteiger partial charge in [0.1, 0.15) is 0 Å². The zero-order valence-electron chi connectivity index (χ0n) is 8.77. The molecule has 4 N–H and O–H groups in total. The van der Waals surface area contributed by atoms with E-state index in [0.29, 0.717) is 19.5 Å². The third-order valence-electron chi connectivity index (χ3n) is 2.08. The highest BCUT2D eigenvalue weighted by molar-refractivity contribution is 5.87. The van der Waals surface area contributed by atoms with Crippen molar-refractivity contribution in [2.24, 2.45) is 5.73 Å². The SMILES string of the molecule is NC(=O)CCNCc1ccc(C(=O)O)cc1. The molecule has 0 bridgehead atoms. The lowest BCUT2D eigenvalue weighted by molar-refractivity contribution is -0.117. The summed E-state index contributed by atoms with van der Waals surface area (Å²) in [4.78, 5) is 21.0. The van der Waals surface area contributed by atoms with Crippen LogP contribution in [0.4, 0.5) is 0 Å². The standard InChI is InChI=1S/C11H14N2O3/c12-10(14)5-6-13-7-8-1-3-9(4-2-8)11(15)16/h1-4,13H,5-7H2,(H2,12,14)(H,15,16). The number of carbonyl (C=O) groups is 2. The largest absolute Gasteiger partial charge is 0.478 e. The fourth-order valence-electron chi connectivity index (χ4n) is 1.21. The van der Waals surface area contributed by atoms with Crippen molar-refractivity contribution in [2.45, 2.75) is 13.0 Å². The summed E-state index contributed by atoms with van der Waals surface area (Å²) in [6.07, 6.45) is 0.299. The van der Waals surface area contributed by atoms with Gasteiger partial charge in [-0.05, 0) is 17.7 Å². The molecule has 16 heavy (non-hydrogen) atoms. The van der Waals surface area contributed by atoms with Crippen LogP contribution in [0, 0.1) is 0 Å². The number of carboxylic acid groups (broad SMARTS) is 1. The molecule has 0 saturated heterocycles. The Kier molecular flexibility index (Phi) is 4.47. The van der Waals surface area contributed by atoms with Crippen LogP contribution in [0.2, 0.25) is 0 Å². The third-order valence-corrected chi connectivity index (χ3v) is 2.08. The maximum absolute atomic E-state index is 10.6. The second kappa shape index (κ2) is 5.87. The molecule has 0 spiro atoms. The number of aromatic carboxylic acids is 1. The van der Waals surface area contributed by atoms with Crippen LogP contribution in [0.1, 0.15) is 22.3 Å². The lowest BCUT2D eigenvalue weighted by Gasteiger charge is -2.03. The predicted molar refractivity (Wildman–Crippen MR) is 58.9 cm³/mol. The molecule has 0 atom stereocenters. The van der Waals surface area contributed by atoms with Gasteiger partial charge in [-0.15, -0.1) is 0 Å². The Morgan fingerprint density at radius 3 is 2.38 bits per heavy atom. The first kappa shape index (κ1) is 12.2. The molecule has 0 radical (unpaired) electrons. The molecular formula is C11H14N2O3. The fraction of sp³-hybridized carbons (Fsp3) is 0.273. The van der Waals surface area contributed by atoms with Crippen molar-refractivity contribution in [3.05, 3.63) is 35.4 Å². The minimum atomic E-state index is -0.937. The highest BCUT2D eigenvalue weighted by atomic mass is 16.4. The summed E-state index contributed by atoms with van der Waals surface area (Å²) in [6, 6.07) is 6.57. The van der Waals surface area contributed by atoms with E-state index >= 15 is 0 Å². The zero-order valence-corrected chi connectivity index (χ0v) is 8.77. The monoisotopic (exact) mass is 222 g/mol. The number of carbonyl (C=O) groups excluding carboxylic acids is 1. The minimum Gasteiger partial charge on any atom is -0.478 e. The van der Waals surface area contributed by atoms with Crippen molar-refractivity contribution in [1.29, 1.82) is 0 Å². The van der Waals surface area contributed by atoms with Gasteiger partial charge in [-0.25, -0.2) is 4.79 Å². The first-order chi connectivity index (χ1) is 7.59. The van der Waals surface area contributed by atoms with Gasteiger partial charge in [0.2, 0.25) is 5.91 Å². The number of amides is 1. The van der Waals surface area contributed by atoms with E-state index in [0.717, 1.165) is 5.56 Å². The van der Waals surface area contributed by atoms with E-state index in [9.17, 15) is 9.59 Å². The first-order valence-electron chi connectivity index (χ1n) is 4.91. The van der Waals surface area contributed by atoms with Crippen molar-refractivity contribution >= 4 is 11.9 Å². The summed E-state index contributed by atoms with van der Waals surface area (Å²) in [5, 5.41) is 11.7. The maximum atomic E-state index is 10.6. The summed E-state index contributed by atoms with van der Waals surface area (Å²) in [5.41, 5.74) is 6.21. The summed E-state index contributed by atoms with van der Waals surface area (Å²) in [5.74, 6) is -1.28. The summed E-state index contributed by atoms with van der Waals surface area (Å²) in [7, 11) is 0. The summed E-state index contributed by atoms with van der Waals surface area (Å²) >= 11 is 0. The normalized spacial score (nSPS) is 10.0. The molecule has 0 fully saturated rings. The highest BCUT2D eigenvalue weighted by Crippen LogP contribution is 2.03. The fourth-order valence-corrected chi connectivity index (χ4v) is 1.21. The summed E-state index contributed by atoms with van der Waals surface area (Å²) < 4.78 is 0. The van der Waals surface area contributed by atoms with E-state index in [2.05, 4.69) is 5.32 Å². The van der Waals surface area contributed by atoms with E-state index < -0.39 is 5.97 Å². The quantitative estimate of drug-likeness (QED) is 0.605. The lowest BCUT2D eigenvalue weighted by atomic mass is 10.1. The molecule has 0 unspecified atom stereocenters. The van der Waals surface area contributed by atoms with Crippen LogP contribution in [-0.4, -0.2) is 23.5 Å². The average Bonchev–Trinajstić information content (AvgIpc) is 2.25. The molecule has 0 saturated carbocycles. The van der Waals surface area contributed by atoms with Gasteiger partial charge in [0.05, 0.1) is 5.56 Å². The van der Waals surface area contributed by atoms with E-state index in [1.165, 1.54) is 0 Å². The Labute approximate surface area is 93.3 Å². The Hall–Kier alpha value is -1.88. The summed E-state index contributed by atoms with van der Waals surface area (Å²) in [6.45, 7) is 1.11. The van der Waals surface area contributed by atoms with Crippen LogP contribution in [0.5, 0.6) is 0 Å². The Morgan fingerprint density at radius 2 is 1.88 bits per heavy atom. The highest BCUT2D eigenvalue weighted by Gasteiger charge is 2.01.